The fraction of sp³-hybridized carbons (Fsp3) is 0.273. The van der Waals surface area contributed by atoms with Crippen LogP contribution in [0.2, 0.25) is 5.15 Å². The molecule has 0 radical (unpaired) electrons. The van der Waals surface area contributed by atoms with E-state index in [0.29, 0.717) is 23.9 Å². The number of rotatable bonds is 7. The van der Waals surface area contributed by atoms with Crippen LogP contribution in [0.1, 0.15) is 0 Å². The molecule has 0 aliphatic carbocycles. The van der Waals surface area contributed by atoms with Crippen molar-refractivity contribution in [2.24, 2.45) is 10.2 Å². The molecule has 1 aromatic heterocycles. The van der Waals surface area contributed by atoms with E-state index in [1.54, 1.807) is 0 Å². The van der Waals surface area contributed by atoms with E-state index in [1.807, 2.05) is 60.7 Å². The van der Waals surface area contributed by atoms with Gasteiger partial charge in [0.25, 0.3) is 0 Å². The summed E-state index contributed by atoms with van der Waals surface area (Å²) >= 11 is 6.51. The Morgan fingerprint density at radius 3 is 2.37 bits per heavy atom. The molecule has 4 rings (SSSR count). The molecule has 2 heterocycles. The minimum Gasteiger partial charge on any atom is -0.379 e. The van der Waals surface area contributed by atoms with Gasteiger partial charge >= 0.3 is 0 Å². The lowest BCUT2D eigenvalue weighted by atomic mass is 10.2. The number of morpholine rings is 1. The number of nitrogens with zero attached hydrogens (tertiary/aromatic N) is 5. The van der Waals surface area contributed by atoms with Crippen LogP contribution in [-0.4, -0.2) is 54.3 Å². The van der Waals surface area contributed by atoms with E-state index in [-0.39, 0.29) is 5.15 Å². The van der Waals surface area contributed by atoms with Crippen LogP contribution < -0.4 is 5.32 Å². The summed E-state index contributed by atoms with van der Waals surface area (Å²) in [4.78, 5) is 11.5. The lowest BCUT2D eigenvalue weighted by Crippen LogP contribution is -2.39. The molecule has 0 spiro atoms. The monoisotopic (exact) mass is 422 g/mol. The zero-order chi connectivity index (χ0) is 20.6. The van der Waals surface area contributed by atoms with Crippen molar-refractivity contribution < 1.29 is 4.74 Å². The van der Waals surface area contributed by atoms with Gasteiger partial charge in [0.05, 0.1) is 18.9 Å². The van der Waals surface area contributed by atoms with Crippen LogP contribution in [0, 0.1) is 0 Å². The minimum atomic E-state index is 0.261. The maximum atomic E-state index is 6.51. The third-order valence-electron chi connectivity index (χ3n) is 4.72. The molecule has 7 nitrogen and oxygen atoms in total. The second kappa shape index (κ2) is 10.2. The zero-order valence-electron chi connectivity index (χ0n) is 16.5. The van der Waals surface area contributed by atoms with Crippen molar-refractivity contribution in [2.75, 3.05) is 44.7 Å². The number of ether oxygens (including phenoxy) is 1. The van der Waals surface area contributed by atoms with Gasteiger partial charge in [0.15, 0.2) is 22.5 Å². The first-order valence-electron chi connectivity index (χ1n) is 9.93. The SMILES string of the molecule is Clc1nc(-c2ccccc2)nc(NCCN2CCOCC2)c1N=Nc1ccccc1. The van der Waals surface area contributed by atoms with Gasteiger partial charge in [-0.1, -0.05) is 60.1 Å². The summed E-state index contributed by atoms with van der Waals surface area (Å²) in [5.74, 6) is 1.12. The van der Waals surface area contributed by atoms with Crippen molar-refractivity contribution in [1.82, 2.24) is 14.9 Å². The van der Waals surface area contributed by atoms with Crippen molar-refractivity contribution in [2.45, 2.75) is 0 Å². The topological polar surface area (TPSA) is 75.0 Å². The van der Waals surface area contributed by atoms with Crippen molar-refractivity contribution >= 4 is 28.8 Å². The van der Waals surface area contributed by atoms with Gasteiger partial charge in [-0.3, -0.25) is 4.90 Å². The van der Waals surface area contributed by atoms with Crippen LogP contribution in [0.4, 0.5) is 17.2 Å². The third-order valence-corrected chi connectivity index (χ3v) is 4.98. The van der Waals surface area contributed by atoms with Crippen LogP contribution in [-0.2, 0) is 4.74 Å². The summed E-state index contributed by atoms with van der Waals surface area (Å²) in [5.41, 5.74) is 2.06. The lowest BCUT2D eigenvalue weighted by Gasteiger charge is -2.26. The van der Waals surface area contributed by atoms with Crippen LogP contribution in [0.5, 0.6) is 0 Å². The molecule has 3 aromatic rings. The third kappa shape index (κ3) is 5.38. The summed E-state index contributed by atoms with van der Waals surface area (Å²) in [6, 6.07) is 19.3. The van der Waals surface area contributed by atoms with E-state index in [9.17, 15) is 0 Å². The maximum absolute atomic E-state index is 6.51. The van der Waals surface area contributed by atoms with Crippen LogP contribution >= 0.6 is 11.6 Å². The Bertz CT molecular complexity index is 978. The number of azo groups is 1. The number of hydrogen-bond donors (Lipinski definition) is 1. The molecule has 30 heavy (non-hydrogen) atoms. The summed E-state index contributed by atoms with van der Waals surface area (Å²) in [7, 11) is 0. The fourth-order valence-corrected chi connectivity index (χ4v) is 3.32. The van der Waals surface area contributed by atoms with Crippen LogP contribution in [0.25, 0.3) is 11.4 Å². The van der Waals surface area contributed by atoms with Gasteiger partial charge in [-0.05, 0) is 12.1 Å². The van der Waals surface area contributed by atoms with Crippen molar-refractivity contribution in [3.05, 3.63) is 65.8 Å². The molecule has 154 valence electrons. The molecule has 1 saturated heterocycles. The predicted molar refractivity (Wildman–Crippen MR) is 119 cm³/mol. The van der Waals surface area contributed by atoms with Gasteiger partial charge in [0.1, 0.15) is 0 Å². The number of halogens is 1. The Kier molecular flexibility index (Phi) is 6.97. The molecule has 1 fully saturated rings. The highest BCUT2D eigenvalue weighted by Crippen LogP contribution is 2.34. The highest BCUT2D eigenvalue weighted by Gasteiger charge is 2.15. The smallest absolute Gasteiger partial charge is 0.165 e. The molecule has 0 unspecified atom stereocenters. The standard InChI is InChI=1S/C22H23ClN6O/c23-20-19(28-27-18-9-5-2-6-10-18)22(24-11-12-29-13-15-30-16-14-29)26-21(25-20)17-7-3-1-4-8-17/h1-10H,11-16H2,(H,24,25,26). The number of nitrogens with one attached hydrogen (secondary N) is 1. The molecular formula is C22H23ClN6O. The summed E-state index contributed by atoms with van der Waals surface area (Å²) in [6.07, 6.45) is 0. The maximum Gasteiger partial charge on any atom is 0.165 e. The first kappa shape index (κ1) is 20.4. The van der Waals surface area contributed by atoms with Gasteiger partial charge in [0, 0.05) is 31.7 Å². The molecule has 1 aliphatic rings. The second-order valence-corrected chi connectivity index (χ2v) is 7.18. The molecule has 0 bridgehead atoms. The van der Waals surface area contributed by atoms with Gasteiger partial charge in [0.2, 0.25) is 0 Å². The lowest BCUT2D eigenvalue weighted by molar-refractivity contribution is 0.0398. The number of aromatic nitrogens is 2. The Morgan fingerprint density at radius 1 is 0.933 bits per heavy atom. The van der Waals surface area contributed by atoms with Crippen molar-refractivity contribution in [3.8, 4) is 11.4 Å². The van der Waals surface area contributed by atoms with Gasteiger partial charge in [-0.15, -0.1) is 5.11 Å². The van der Waals surface area contributed by atoms with Gasteiger partial charge in [-0.25, -0.2) is 9.97 Å². The Labute approximate surface area is 180 Å². The molecule has 2 aromatic carbocycles. The van der Waals surface area contributed by atoms with E-state index in [0.717, 1.165) is 44.1 Å². The first-order valence-corrected chi connectivity index (χ1v) is 10.3. The average Bonchev–Trinajstić information content (AvgIpc) is 2.80. The quantitative estimate of drug-likeness (QED) is 0.430. The first-order chi connectivity index (χ1) is 14.8. The Balaban J connectivity index is 1.59. The molecule has 0 saturated carbocycles. The summed E-state index contributed by atoms with van der Waals surface area (Å²) in [5, 5.41) is 12.3. The Hall–Kier alpha value is -2.87. The summed E-state index contributed by atoms with van der Waals surface area (Å²) < 4.78 is 5.41. The minimum absolute atomic E-state index is 0.261. The highest BCUT2D eigenvalue weighted by atomic mass is 35.5. The fourth-order valence-electron chi connectivity index (χ4n) is 3.12. The molecule has 8 heteroatoms. The van der Waals surface area contributed by atoms with E-state index in [4.69, 9.17) is 21.3 Å². The largest absolute Gasteiger partial charge is 0.379 e. The average molecular weight is 423 g/mol. The number of hydrogen-bond acceptors (Lipinski definition) is 7. The van der Waals surface area contributed by atoms with Gasteiger partial charge in [-0.2, -0.15) is 5.11 Å². The molecule has 0 atom stereocenters. The van der Waals surface area contributed by atoms with Crippen LogP contribution in [0.15, 0.2) is 70.9 Å². The summed E-state index contributed by atoms with van der Waals surface area (Å²) in [6.45, 7) is 4.99. The molecular weight excluding hydrogens is 400 g/mol. The Morgan fingerprint density at radius 2 is 1.63 bits per heavy atom. The predicted octanol–water partition coefficient (Wildman–Crippen LogP) is 4.96. The van der Waals surface area contributed by atoms with E-state index in [1.165, 1.54) is 0 Å². The second-order valence-electron chi connectivity index (χ2n) is 6.82. The zero-order valence-corrected chi connectivity index (χ0v) is 17.3. The normalized spacial score (nSPS) is 14.8. The molecule has 1 aliphatic heterocycles. The molecule has 0 amide bonds. The van der Waals surface area contributed by atoms with Gasteiger partial charge < -0.3 is 10.1 Å². The van der Waals surface area contributed by atoms with E-state index >= 15 is 0 Å². The highest BCUT2D eigenvalue weighted by molar-refractivity contribution is 6.32. The molecule has 1 N–H and O–H groups in total. The van der Waals surface area contributed by atoms with Crippen molar-refractivity contribution in [3.63, 3.8) is 0 Å². The number of anilines is 1. The van der Waals surface area contributed by atoms with Crippen LogP contribution in [0.3, 0.4) is 0 Å². The van der Waals surface area contributed by atoms with E-state index < -0.39 is 0 Å². The van der Waals surface area contributed by atoms with E-state index in [2.05, 4.69) is 25.4 Å². The van der Waals surface area contributed by atoms with Crippen molar-refractivity contribution in [1.29, 1.82) is 0 Å². The number of benzene rings is 2.